The molecule has 0 bridgehead atoms. The van der Waals surface area contributed by atoms with E-state index in [1.165, 1.54) is 55.8 Å². The van der Waals surface area contributed by atoms with Gasteiger partial charge < -0.3 is 40.0 Å². The van der Waals surface area contributed by atoms with Gasteiger partial charge in [0.1, 0.15) is 37.0 Å². The number of pyridine rings is 1. The molecule has 45 heavy (non-hydrogen) atoms. The number of carbonyl (C=O) groups is 2. The molecular weight excluding hydrogens is 590 g/mol. The van der Waals surface area contributed by atoms with Gasteiger partial charge in [-0.15, -0.1) is 0 Å². The Kier molecular flexibility index (Phi) is 9.00. The Labute approximate surface area is 256 Å². The van der Waals surface area contributed by atoms with Crippen molar-refractivity contribution in [3.8, 4) is 28.7 Å². The number of benzene rings is 3. The van der Waals surface area contributed by atoms with Crippen molar-refractivity contribution in [2.75, 3.05) is 37.5 Å². The number of anilines is 2. The Morgan fingerprint density at radius 3 is 2.27 bits per heavy atom. The lowest BCUT2D eigenvalue weighted by molar-refractivity contribution is -0.118. The maximum atomic E-state index is 15.3. The molecule has 4 aromatic rings. The summed E-state index contributed by atoms with van der Waals surface area (Å²) in [4.78, 5) is 30.1. The molecule has 4 N–H and O–H groups in total. The third-order valence-electron chi connectivity index (χ3n) is 6.31. The number of ether oxygens (including phenoxy) is 4. The van der Waals surface area contributed by atoms with E-state index in [2.05, 4.69) is 20.9 Å². The minimum absolute atomic E-state index is 0.0102. The second-order valence-electron chi connectivity index (χ2n) is 10.5. The van der Waals surface area contributed by atoms with Gasteiger partial charge in [-0.05, 0) is 56.3 Å². The van der Waals surface area contributed by atoms with Crippen molar-refractivity contribution in [1.29, 1.82) is 0 Å². The summed E-state index contributed by atoms with van der Waals surface area (Å²) < 4.78 is 52.0. The Bertz CT molecular complexity index is 1770. The minimum Gasteiger partial charge on any atom is -0.486 e. The Morgan fingerprint density at radius 1 is 0.933 bits per heavy atom. The van der Waals surface area contributed by atoms with E-state index < -0.39 is 29.0 Å². The highest BCUT2D eigenvalue weighted by Crippen LogP contribution is 2.48. The maximum absolute atomic E-state index is 15.3. The fourth-order valence-corrected chi connectivity index (χ4v) is 4.31. The van der Waals surface area contributed by atoms with Gasteiger partial charge in [-0.2, -0.15) is 0 Å². The fourth-order valence-electron chi connectivity index (χ4n) is 4.31. The zero-order valence-electron chi connectivity index (χ0n) is 24.6. The van der Waals surface area contributed by atoms with Crippen molar-refractivity contribution in [2.24, 2.45) is 0 Å². The Morgan fingerprint density at radius 2 is 1.60 bits per heavy atom. The lowest BCUT2D eigenvalue weighted by atomic mass is 10.1. The second-order valence-corrected chi connectivity index (χ2v) is 10.5. The molecule has 13 heteroatoms. The molecule has 2 amide bonds. The number of nitrogens with one attached hydrogen (secondary N) is 3. The molecule has 0 unspecified atom stereocenters. The second kappa shape index (κ2) is 13.1. The molecule has 0 radical (unpaired) electrons. The zero-order chi connectivity index (χ0) is 32.1. The van der Waals surface area contributed by atoms with E-state index in [9.17, 15) is 19.1 Å². The number of aromatic nitrogens is 1. The average molecular weight is 621 g/mol. The molecular formula is C32H30F2N4O7. The van der Waals surface area contributed by atoms with E-state index in [-0.39, 0.29) is 48.3 Å². The molecule has 1 aliphatic heterocycles. The smallest absolute Gasteiger partial charge is 0.262 e. The molecule has 3 aromatic carbocycles. The largest absolute Gasteiger partial charge is 0.486 e. The molecule has 0 aliphatic carbocycles. The van der Waals surface area contributed by atoms with Crippen molar-refractivity contribution in [3.05, 3.63) is 84.2 Å². The quantitative estimate of drug-likeness (QED) is 0.111. The SMILES string of the molecule is CN/C=C(\C(=O)Nc1ccc(F)cc1)C(=O)Nc1ccc(Oc2ccnc3cc(OCC(C)(C)O)c4c(c23)OCCO4)c(F)c1. The minimum atomic E-state index is -1.10. The average Bonchev–Trinajstić information content (AvgIpc) is 3.00. The van der Waals surface area contributed by atoms with E-state index in [1.54, 1.807) is 26.0 Å². The van der Waals surface area contributed by atoms with Crippen LogP contribution in [-0.4, -0.2) is 54.4 Å². The predicted molar refractivity (Wildman–Crippen MR) is 162 cm³/mol. The molecule has 0 fully saturated rings. The number of hydrogen-bond acceptors (Lipinski definition) is 9. The highest BCUT2D eigenvalue weighted by molar-refractivity contribution is 6.26. The van der Waals surface area contributed by atoms with Crippen LogP contribution >= 0.6 is 0 Å². The molecule has 0 saturated heterocycles. The molecule has 1 aromatic heterocycles. The molecule has 11 nitrogen and oxygen atoms in total. The van der Waals surface area contributed by atoms with Crippen molar-refractivity contribution in [2.45, 2.75) is 19.4 Å². The van der Waals surface area contributed by atoms with Gasteiger partial charge >= 0.3 is 0 Å². The van der Waals surface area contributed by atoms with Crippen molar-refractivity contribution < 1.29 is 42.4 Å². The summed E-state index contributed by atoms with van der Waals surface area (Å²) in [6.07, 6.45) is 2.66. The number of amides is 2. The standard InChI is InChI=1S/C32H30F2N4O7/c1-32(2,41)17-44-26-15-23-27(29-28(26)42-12-13-43-29)25(10-11-36-23)45-24-9-8-20(14-22(24)34)38-31(40)21(16-35-3)30(39)37-19-6-4-18(33)5-7-19/h4-11,14-16,35,41H,12-13,17H2,1-3H3,(H,37,39)(H,38,40)/b21-16+. The van der Waals surface area contributed by atoms with Crippen molar-refractivity contribution >= 4 is 34.1 Å². The highest BCUT2D eigenvalue weighted by Gasteiger charge is 2.26. The van der Waals surface area contributed by atoms with Crippen molar-refractivity contribution in [1.82, 2.24) is 10.3 Å². The summed E-state index contributed by atoms with van der Waals surface area (Å²) in [7, 11) is 1.50. The lowest BCUT2D eigenvalue weighted by Gasteiger charge is -2.25. The highest BCUT2D eigenvalue weighted by atomic mass is 19.1. The van der Waals surface area contributed by atoms with Gasteiger partial charge in [0.15, 0.2) is 23.1 Å². The molecule has 5 rings (SSSR count). The molecule has 0 atom stereocenters. The van der Waals surface area contributed by atoms with E-state index in [1.807, 2.05) is 0 Å². The fraction of sp³-hybridized carbons (Fsp3) is 0.219. The first kappa shape index (κ1) is 31.0. The summed E-state index contributed by atoms with van der Waals surface area (Å²) >= 11 is 0. The predicted octanol–water partition coefficient (Wildman–Crippen LogP) is 4.91. The third-order valence-corrected chi connectivity index (χ3v) is 6.31. The number of fused-ring (bicyclic) bond motifs is 3. The van der Waals surface area contributed by atoms with Crippen LogP contribution < -0.4 is 34.9 Å². The first-order valence-corrected chi connectivity index (χ1v) is 13.8. The normalized spacial score (nSPS) is 12.8. The molecule has 0 saturated carbocycles. The topological polar surface area (TPSA) is 140 Å². The van der Waals surface area contributed by atoms with Crippen LogP contribution in [0.5, 0.6) is 28.7 Å². The van der Waals surface area contributed by atoms with Gasteiger partial charge in [0.25, 0.3) is 11.8 Å². The zero-order valence-corrected chi connectivity index (χ0v) is 24.6. The molecule has 234 valence electrons. The van der Waals surface area contributed by atoms with Crippen molar-refractivity contribution in [3.63, 3.8) is 0 Å². The van der Waals surface area contributed by atoms with Crippen LogP contribution in [0.25, 0.3) is 10.9 Å². The molecule has 1 aliphatic rings. The van der Waals surface area contributed by atoms with Crippen LogP contribution in [0.4, 0.5) is 20.2 Å². The van der Waals surface area contributed by atoms with E-state index >= 15 is 4.39 Å². The van der Waals surface area contributed by atoms with Crippen LogP contribution in [0.3, 0.4) is 0 Å². The number of halogens is 2. The summed E-state index contributed by atoms with van der Waals surface area (Å²) in [6, 6.07) is 12.0. The number of aliphatic hydroxyl groups is 1. The third kappa shape index (κ3) is 7.39. The van der Waals surface area contributed by atoms with Gasteiger partial charge in [0, 0.05) is 43.0 Å². The number of nitrogens with zero attached hydrogens (tertiary/aromatic N) is 1. The number of rotatable bonds is 10. The molecule has 0 spiro atoms. The summed E-state index contributed by atoms with van der Waals surface area (Å²) in [5, 5.41) is 18.2. The van der Waals surface area contributed by atoms with Crippen LogP contribution in [0.2, 0.25) is 0 Å². The van der Waals surface area contributed by atoms with Gasteiger partial charge in [-0.25, -0.2) is 8.78 Å². The van der Waals surface area contributed by atoms with Crippen LogP contribution in [0.1, 0.15) is 13.8 Å². The van der Waals surface area contributed by atoms with Crippen LogP contribution in [-0.2, 0) is 9.59 Å². The summed E-state index contributed by atoms with van der Waals surface area (Å²) in [6.45, 7) is 3.73. The Hall–Kier alpha value is -5.43. The first-order chi connectivity index (χ1) is 21.5. The first-order valence-electron chi connectivity index (χ1n) is 13.8. The van der Waals surface area contributed by atoms with E-state index in [4.69, 9.17) is 18.9 Å². The van der Waals surface area contributed by atoms with Gasteiger partial charge in [0.2, 0.25) is 5.75 Å². The molecule has 2 heterocycles. The van der Waals surface area contributed by atoms with Crippen LogP contribution in [0.15, 0.2) is 72.6 Å². The maximum Gasteiger partial charge on any atom is 0.262 e. The summed E-state index contributed by atoms with van der Waals surface area (Å²) in [5.74, 6) is -1.85. The van der Waals surface area contributed by atoms with E-state index in [0.717, 1.165) is 6.07 Å². The number of carbonyl (C=O) groups excluding carboxylic acids is 2. The number of hydrogen-bond donors (Lipinski definition) is 4. The van der Waals surface area contributed by atoms with Gasteiger partial charge in [-0.3, -0.25) is 14.6 Å². The monoisotopic (exact) mass is 620 g/mol. The summed E-state index contributed by atoms with van der Waals surface area (Å²) in [5.41, 5.74) is -0.634. The van der Waals surface area contributed by atoms with Gasteiger partial charge in [-0.1, -0.05) is 0 Å². The van der Waals surface area contributed by atoms with Crippen LogP contribution in [0, 0.1) is 11.6 Å². The van der Waals surface area contributed by atoms with Gasteiger partial charge in [0.05, 0.1) is 16.5 Å². The Balaban J connectivity index is 1.36. The lowest BCUT2D eigenvalue weighted by Crippen LogP contribution is -2.28. The van der Waals surface area contributed by atoms with E-state index in [0.29, 0.717) is 28.2 Å².